The van der Waals surface area contributed by atoms with Crippen molar-refractivity contribution in [1.82, 2.24) is 0 Å². The molecule has 1 aliphatic rings. The first-order valence-corrected chi connectivity index (χ1v) is 8.51. The van der Waals surface area contributed by atoms with Gasteiger partial charge >= 0.3 is 0 Å². The molecule has 0 aromatic carbocycles. The number of hydrogen-bond donors (Lipinski definition) is 0. The van der Waals surface area contributed by atoms with Gasteiger partial charge in [0.1, 0.15) is 6.10 Å². The maximum Gasteiger partial charge on any atom is 0.163 e. The second kappa shape index (κ2) is 11.2. The van der Waals surface area contributed by atoms with E-state index in [-0.39, 0.29) is 18.2 Å². The molecule has 0 amide bonds. The lowest BCUT2D eigenvalue weighted by molar-refractivity contribution is -0.165. The van der Waals surface area contributed by atoms with Crippen LogP contribution in [-0.2, 0) is 19.0 Å². The van der Waals surface area contributed by atoms with Crippen molar-refractivity contribution in [2.75, 3.05) is 19.8 Å². The largest absolute Gasteiger partial charge is 0.370 e. The van der Waals surface area contributed by atoms with E-state index in [1.165, 1.54) is 0 Å². The van der Waals surface area contributed by atoms with Crippen LogP contribution in [0.3, 0.4) is 0 Å². The molecule has 1 fully saturated rings. The van der Waals surface area contributed by atoms with E-state index in [4.69, 9.17) is 14.2 Å². The maximum absolute atomic E-state index is 12.3. The Labute approximate surface area is 129 Å². The highest BCUT2D eigenvalue weighted by Crippen LogP contribution is 2.15. The molecule has 4 nitrogen and oxygen atoms in total. The monoisotopic (exact) mass is 300 g/mol. The van der Waals surface area contributed by atoms with Crippen molar-refractivity contribution in [2.24, 2.45) is 5.92 Å². The zero-order chi connectivity index (χ0) is 15.5. The normalized spacial score (nSPS) is 20.7. The standard InChI is InChI=1S/C17H32O4/c1-4-5-10-19-16(13-14(2)3)15(18)9-12-21-17-8-6-7-11-20-17/h14,16-17H,4-13H2,1-3H3. The van der Waals surface area contributed by atoms with Crippen LogP contribution >= 0.6 is 0 Å². The van der Waals surface area contributed by atoms with Crippen LogP contribution in [-0.4, -0.2) is 38.0 Å². The first kappa shape index (κ1) is 18.6. The minimum Gasteiger partial charge on any atom is -0.370 e. The molecule has 2 unspecified atom stereocenters. The summed E-state index contributed by atoms with van der Waals surface area (Å²) in [4.78, 5) is 12.3. The van der Waals surface area contributed by atoms with Crippen molar-refractivity contribution >= 4 is 5.78 Å². The van der Waals surface area contributed by atoms with Gasteiger partial charge in [-0.2, -0.15) is 0 Å². The molecule has 1 aliphatic heterocycles. The predicted molar refractivity (Wildman–Crippen MR) is 83.3 cm³/mol. The zero-order valence-electron chi connectivity index (χ0n) is 13.9. The van der Waals surface area contributed by atoms with Crippen LogP contribution in [0.5, 0.6) is 0 Å². The molecule has 0 radical (unpaired) electrons. The topological polar surface area (TPSA) is 44.8 Å². The molecule has 1 heterocycles. The third-order valence-corrected chi connectivity index (χ3v) is 3.65. The number of ether oxygens (including phenoxy) is 3. The van der Waals surface area contributed by atoms with Crippen LogP contribution in [0.15, 0.2) is 0 Å². The van der Waals surface area contributed by atoms with Crippen LogP contribution in [0, 0.1) is 5.92 Å². The van der Waals surface area contributed by atoms with E-state index >= 15 is 0 Å². The lowest BCUT2D eigenvalue weighted by atomic mass is 10.0. The molecule has 0 bridgehead atoms. The second-order valence-corrected chi connectivity index (χ2v) is 6.23. The number of ketones is 1. The average Bonchev–Trinajstić information content (AvgIpc) is 2.47. The van der Waals surface area contributed by atoms with E-state index in [2.05, 4.69) is 20.8 Å². The number of carbonyl (C=O) groups is 1. The van der Waals surface area contributed by atoms with E-state index in [1.807, 2.05) is 0 Å². The third-order valence-electron chi connectivity index (χ3n) is 3.65. The summed E-state index contributed by atoms with van der Waals surface area (Å²) in [6.45, 7) is 8.25. The molecule has 0 spiro atoms. The fourth-order valence-corrected chi connectivity index (χ4v) is 2.39. The number of carbonyl (C=O) groups excluding carboxylic acids is 1. The molecule has 0 aromatic rings. The van der Waals surface area contributed by atoms with E-state index in [0.29, 0.717) is 25.6 Å². The highest BCUT2D eigenvalue weighted by Gasteiger charge is 2.21. The summed E-state index contributed by atoms with van der Waals surface area (Å²) in [5.41, 5.74) is 0. The zero-order valence-corrected chi connectivity index (χ0v) is 13.9. The number of hydrogen-bond acceptors (Lipinski definition) is 4. The minimum atomic E-state index is -0.271. The Kier molecular flexibility index (Phi) is 9.89. The summed E-state index contributed by atoms with van der Waals surface area (Å²) < 4.78 is 16.9. The Hall–Kier alpha value is -0.450. The molecule has 0 aromatic heterocycles. The van der Waals surface area contributed by atoms with Gasteiger partial charge in [0.2, 0.25) is 0 Å². The van der Waals surface area contributed by atoms with Gasteiger partial charge in [-0.25, -0.2) is 0 Å². The van der Waals surface area contributed by atoms with Crippen molar-refractivity contribution < 1.29 is 19.0 Å². The highest BCUT2D eigenvalue weighted by molar-refractivity contribution is 5.83. The van der Waals surface area contributed by atoms with E-state index in [0.717, 1.165) is 45.1 Å². The van der Waals surface area contributed by atoms with Gasteiger partial charge in [-0.05, 0) is 38.0 Å². The van der Waals surface area contributed by atoms with Crippen LogP contribution in [0.1, 0.15) is 65.7 Å². The Morgan fingerprint density at radius 3 is 2.71 bits per heavy atom. The van der Waals surface area contributed by atoms with Crippen LogP contribution in [0.25, 0.3) is 0 Å². The fourth-order valence-electron chi connectivity index (χ4n) is 2.39. The van der Waals surface area contributed by atoms with Crippen molar-refractivity contribution in [3.05, 3.63) is 0 Å². The van der Waals surface area contributed by atoms with E-state index < -0.39 is 0 Å². The van der Waals surface area contributed by atoms with Gasteiger partial charge < -0.3 is 14.2 Å². The van der Waals surface area contributed by atoms with Gasteiger partial charge in [0.25, 0.3) is 0 Å². The average molecular weight is 300 g/mol. The Morgan fingerprint density at radius 2 is 2.10 bits per heavy atom. The lowest BCUT2D eigenvalue weighted by Gasteiger charge is -2.23. The molecule has 0 N–H and O–H groups in total. The van der Waals surface area contributed by atoms with Crippen LogP contribution in [0.2, 0.25) is 0 Å². The lowest BCUT2D eigenvalue weighted by Crippen LogP contribution is -2.29. The number of rotatable bonds is 11. The predicted octanol–water partition coefficient (Wildman–Crippen LogP) is 3.72. The summed E-state index contributed by atoms with van der Waals surface area (Å²) in [7, 11) is 0. The van der Waals surface area contributed by atoms with Crippen molar-refractivity contribution in [3.63, 3.8) is 0 Å². The minimum absolute atomic E-state index is 0.115. The highest BCUT2D eigenvalue weighted by atomic mass is 16.7. The van der Waals surface area contributed by atoms with Gasteiger partial charge in [-0.3, -0.25) is 4.79 Å². The third kappa shape index (κ3) is 8.54. The first-order chi connectivity index (χ1) is 10.1. The maximum atomic E-state index is 12.3. The van der Waals surface area contributed by atoms with Crippen molar-refractivity contribution in [2.45, 2.75) is 78.1 Å². The Balaban J connectivity index is 2.25. The Bertz CT molecular complexity index is 272. The van der Waals surface area contributed by atoms with Gasteiger partial charge in [0.05, 0.1) is 6.61 Å². The first-order valence-electron chi connectivity index (χ1n) is 8.51. The van der Waals surface area contributed by atoms with Crippen LogP contribution in [0.4, 0.5) is 0 Å². The molecule has 4 heteroatoms. The molecule has 1 saturated heterocycles. The summed E-state index contributed by atoms with van der Waals surface area (Å²) in [5.74, 6) is 0.624. The number of Topliss-reactive ketones (excluding diaryl/α,β-unsaturated/α-hetero) is 1. The quantitative estimate of drug-likeness (QED) is 0.546. The molecule has 124 valence electrons. The van der Waals surface area contributed by atoms with Gasteiger partial charge in [0, 0.05) is 19.6 Å². The van der Waals surface area contributed by atoms with E-state index in [9.17, 15) is 4.79 Å². The van der Waals surface area contributed by atoms with Crippen molar-refractivity contribution in [1.29, 1.82) is 0 Å². The summed E-state index contributed by atoms with van der Waals surface area (Å²) in [6, 6.07) is 0. The van der Waals surface area contributed by atoms with Gasteiger partial charge in [-0.1, -0.05) is 27.2 Å². The van der Waals surface area contributed by atoms with E-state index in [1.54, 1.807) is 0 Å². The summed E-state index contributed by atoms with van der Waals surface area (Å²) >= 11 is 0. The molecule has 0 saturated carbocycles. The Morgan fingerprint density at radius 1 is 1.29 bits per heavy atom. The van der Waals surface area contributed by atoms with Crippen LogP contribution < -0.4 is 0 Å². The van der Waals surface area contributed by atoms with Gasteiger partial charge in [-0.15, -0.1) is 0 Å². The van der Waals surface area contributed by atoms with Crippen molar-refractivity contribution in [3.8, 4) is 0 Å². The molecule has 21 heavy (non-hydrogen) atoms. The number of unbranched alkanes of at least 4 members (excludes halogenated alkanes) is 1. The molecular weight excluding hydrogens is 268 g/mol. The van der Waals surface area contributed by atoms with Gasteiger partial charge in [0.15, 0.2) is 12.1 Å². The summed E-state index contributed by atoms with van der Waals surface area (Å²) in [5, 5.41) is 0. The SMILES string of the molecule is CCCCOC(CC(C)C)C(=O)CCOC1CCCCO1. The second-order valence-electron chi connectivity index (χ2n) is 6.23. The summed E-state index contributed by atoms with van der Waals surface area (Å²) in [6.07, 6.45) is 6.13. The fraction of sp³-hybridized carbons (Fsp3) is 0.941. The smallest absolute Gasteiger partial charge is 0.163 e. The molecule has 1 rings (SSSR count). The molecule has 0 aliphatic carbocycles. The molecular formula is C17H32O4. The molecule has 2 atom stereocenters.